The van der Waals surface area contributed by atoms with E-state index in [4.69, 9.17) is 16.3 Å². The van der Waals surface area contributed by atoms with Gasteiger partial charge in [-0.05, 0) is 30.3 Å². The number of H-pyrrole nitrogens is 1. The Labute approximate surface area is 167 Å². The number of ether oxygens (including phenoxy) is 1. The number of hydrogen-bond acceptors (Lipinski definition) is 6. The number of amides is 1. The van der Waals surface area contributed by atoms with Crippen LogP contribution in [0.3, 0.4) is 0 Å². The lowest BCUT2D eigenvalue weighted by atomic mass is 10.2. The Bertz CT molecular complexity index is 1220. The number of nitrogens with zero attached hydrogens (tertiary/aromatic N) is 2. The van der Waals surface area contributed by atoms with Crippen molar-refractivity contribution in [1.29, 1.82) is 0 Å². The summed E-state index contributed by atoms with van der Waals surface area (Å²) in [6.07, 6.45) is 0.968. The molecule has 1 heterocycles. The number of aromatic nitrogens is 2. The van der Waals surface area contributed by atoms with Gasteiger partial charge in [-0.1, -0.05) is 11.6 Å². The first-order chi connectivity index (χ1) is 13.8. The lowest BCUT2D eigenvalue weighted by Gasteiger charge is -2.11. The lowest BCUT2D eigenvalue weighted by Crippen LogP contribution is -2.38. The quantitative estimate of drug-likeness (QED) is 0.484. The van der Waals surface area contributed by atoms with Crippen LogP contribution < -0.4 is 21.3 Å². The first-order valence-electron chi connectivity index (χ1n) is 8.06. The number of anilines is 1. The van der Waals surface area contributed by atoms with E-state index in [0.717, 1.165) is 16.8 Å². The molecule has 0 aliphatic heterocycles. The van der Waals surface area contributed by atoms with Crippen molar-refractivity contribution in [1.82, 2.24) is 9.55 Å². The number of aromatic amines is 1. The molecule has 10 nitrogen and oxygen atoms in total. The molecular weight excluding hydrogens is 404 g/mol. The Hall–Kier alpha value is -3.92. The van der Waals surface area contributed by atoms with Crippen molar-refractivity contribution in [2.24, 2.45) is 0 Å². The molecule has 0 atom stereocenters. The van der Waals surface area contributed by atoms with E-state index in [2.05, 4.69) is 10.3 Å². The van der Waals surface area contributed by atoms with Gasteiger partial charge < -0.3 is 15.0 Å². The first kappa shape index (κ1) is 19.8. The number of nitro benzene ring substituents is 1. The van der Waals surface area contributed by atoms with Gasteiger partial charge in [0.1, 0.15) is 11.3 Å². The zero-order chi connectivity index (χ0) is 21.1. The van der Waals surface area contributed by atoms with Gasteiger partial charge in [-0.15, -0.1) is 0 Å². The van der Waals surface area contributed by atoms with Gasteiger partial charge in [-0.25, -0.2) is 9.36 Å². The van der Waals surface area contributed by atoms with Gasteiger partial charge in [-0.3, -0.25) is 19.7 Å². The number of rotatable bonds is 5. The molecule has 0 aliphatic carbocycles. The van der Waals surface area contributed by atoms with Gasteiger partial charge in [-0.2, -0.15) is 0 Å². The van der Waals surface area contributed by atoms with E-state index in [9.17, 15) is 24.5 Å². The van der Waals surface area contributed by atoms with Crippen molar-refractivity contribution in [3.8, 4) is 11.4 Å². The van der Waals surface area contributed by atoms with Gasteiger partial charge in [0, 0.05) is 23.4 Å². The molecule has 1 amide bonds. The van der Waals surface area contributed by atoms with Crippen molar-refractivity contribution >= 4 is 28.9 Å². The lowest BCUT2D eigenvalue weighted by molar-refractivity contribution is -0.384. The van der Waals surface area contributed by atoms with Gasteiger partial charge in [0.05, 0.1) is 23.4 Å². The number of methoxy groups -OCH3 is 1. The van der Waals surface area contributed by atoms with Crippen LogP contribution in [0, 0.1) is 10.1 Å². The van der Waals surface area contributed by atoms with Crippen LogP contribution in [0.1, 0.15) is 10.4 Å². The summed E-state index contributed by atoms with van der Waals surface area (Å²) in [4.78, 5) is 50.2. The Balaban J connectivity index is 2.03. The molecule has 148 valence electrons. The third kappa shape index (κ3) is 4.01. The van der Waals surface area contributed by atoms with Crippen molar-refractivity contribution in [3.05, 3.63) is 90.2 Å². The van der Waals surface area contributed by atoms with Crippen molar-refractivity contribution in [2.45, 2.75) is 0 Å². The topological polar surface area (TPSA) is 136 Å². The molecular formula is C18H13ClN4O6. The molecule has 0 radical (unpaired) electrons. The maximum Gasteiger partial charge on any atom is 0.333 e. The minimum Gasteiger partial charge on any atom is -0.495 e. The summed E-state index contributed by atoms with van der Waals surface area (Å²) in [5.74, 6) is -0.723. The van der Waals surface area contributed by atoms with Crippen LogP contribution in [-0.2, 0) is 0 Å². The predicted molar refractivity (Wildman–Crippen MR) is 105 cm³/mol. The molecule has 29 heavy (non-hydrogen) atoms. The van der Waals surface area contributed by atoms with Crippen molar-refractivity contribution < 1.29 is 14.5 Å². The van der Waals surface area contributed by atoms with Gasteiger partial charge in [0.2, 0.25) is 0 Å². The van der Waals surface area contributed by atoms with Crippen LogP contribution >= 0.6 is 11.6 Å². The van der Waals surface area contributed by atoms with E-state index < -0.39 is 22.1 Å². The molecule has 0 fully saturated rings. The highest BCUT2D eigenvalue weighted by atomic mass is 35.5. The van der Waals surface area contributed by atoms with Crippen LogP contribution in [0.15, 0.2) is 58.3 Å². The number of halogens is 1. The predicted octanol–water partition coefficient (Wildman–Crippen LogP) is 2.35. The molecule has 3 aromatic rings. The minimum absolute atomic E-state index is 0.00431. The largest absolute Gasteiger partial charge is 0.495 e. The van der Waals surface area contributed by atoms with Crippen molar-refractivity contribution in [2.75, 3.05) is 12.4 Å². The molecule has 2 N–H and O–H groups in total. The molecule has 2 aromatic carbocycles. The number of carbonyl (C=O) groups excluding carboxylic acids is 1. The summed E-state index contributed by atoms with van der Waals surface area (Å²) in [5.41, 5.74) is -2.08. The molecule has 11 heteroatoms. The van der Waals surface area contributed by atoms with E-state index in [1.54, 1.807) is 0 Å². The van der Waals surface area contributed by atoms with Crippen molar-refractivity contribution in [3.63, 3.8) is 0 Å². The Morgan fingerprint density at radius 3 is 2.52 bits per heavy atom. The van der Waals surface area contributed by atoms with Gasteiger partial charge in [0.25, 0.3) is 17.2 Å². The van der Waals surface area contributed by atoms with Crippen LogP contribution in [-0.4, -0.2) is 27.5 Å². The maximum atomic E-state index is 12.7. The monoisotopic (exact) mass is 416 g/mol. The Morgan fingerprint density at radius 1 is 1.21 bits per heavy atom. The second-order valence-electron chi connectivity index (χ2n) is 5.72. The SMILES string of the molecule is COc1ccc([N+](=O)[O-])cc1NC(=O)c1c[nH]c(=O)n(-c2ccc(Cl)cc2)c1=O. The van der Waals surface area contributed by atoms with Crippen LogP contribution in [0.5, 0.6) is 5.75 Å². The van der Waals surface area contributed by atoms with E-state index in [1.165, 1.54) is 43.5 Å². The molecule has 0 spiro atoms. The highest BCUT2D eigenvalue weighted by molar-refractivity contribution is 6.30. The Morgan fingerprint density at radius 2 is 1.90 bits per heavy atom. The summed E-state index contributed by atoms with van der Waals surface area (Å²) in [7, 11) is 1.32. The summed E-state index contributed by atoms with van der Waals surface area (Å²) in [5, 5.41) is 13.8. The second-order valence-corrected chi connectivity index (χ2v) is 6.16. The normalized spacial score (nSPS) is 10.4. The summed E-state index contributed by atoms with van der Waals surface area (Å²) in [6.45, 7) is 0. The van der Waals surface area contributed by atoms with Gasteiger partial charge >= 0.3 is 5.69 Å². The Kier molecular flexibility index (Phi) is 5.46. The fourth-order valence-electron chi connectivity index (χ4n) is 2.56. The molecule has 0 saturated heterocycles. The third-order valence-corrected chi connectivity index (χ3v) is 4.20. The highest BCUT2D eigenvalue weighted by Gasteiger charge is 2.19. The van der Waals surface area contributed by atoms with Crippen LogP contribution in [0.4, 0.5) is 11.4 Å². The number of nitro groups is 1. The van der Waals surface area contributed by atoms with Crippen LogP contribution in [0.2, 0.25) is 5.02 Å². The first-order valence-corrected chi connectivity index (χ1v) is 8.44. The summed E-state index contributed by atoms with van der Waals surface area (Å²) in [6, 6.07) is 9.50. The smallest absolute Gasteiger partial charge is 0.333 e. The molecule has 0 aliphatic rings. The average Bonchev–Trinajstić information content (AvgIpc) is 2.69. The zero-order valence-electron chi connectivity index (χ0n) is 14.8. The third-order valence-electron chi connectivity index (χ3n) is 3.95. The summed E-state index contributed by atoms with van der Waals surface area (Å²) >= 11 is 5.82. The standard InChI is InChI=1S/C18H13ClN4O6/c1-29-15-7-6-12(23(27)28)8-14(15)21-16(24)13-9-20-18(26)22(17(13)25)11-4-2-10(19)3-5-11/h2-9H,1H3,(H,20,26)(H,21,24). The number of carbonyl (C=O) groups is 1. The van der Waals surface area contributed by atoms with Gasteiger partial charge in [0.15, 0.2) is 0 Å². The summed E-state index contributed by atoms with van der Waals surface area (Å²) < 4.78 is 5.85. The number of benzene rings is 2. The van der Waals surface area contributed by atoms with E-state index >= 15 is 0 Å². The second kappa shape index (κ2) is 7.98. The number of non-ortho nitro benzene ring substituents is 1. The molecule has 0 unspecified atom stereocenters. The molecule has 3 rings (SSSR count). The number of hydrogen-bond donors (Lipinski definition) is 2. The minimum atomic E-state index is -0.882. The molecule has 1 aromatic heterocycles. The zero-order valence-corrected chi connectivity index (χ0v) is 15.6. The fraction of sp³-hybridized carbons (Fsp3) is 0.0556. The number of nitrogens with one attached hydrogen (secondary N) is 2. The fourth-order valence-corrected chi connectivity index (χ4v) is 2.68. The maximum absolute atomic E-state index is 12.7. The molecule has 0 saturated carbocycles. The van der Waals surface area contributed by atoms with E-state index in [0.29, 0.717) is 5.02 Å². The van der Waals surface area contributed by atoms with E-state index in [-0.39, 0.29) is 28.4 Å². The van der Waals surface area contributed by atoms with Crippen LogP contribution in [0.25, 0.3) is 5.69 Å². The molecule has 0 bridgehead atoms. The highest BCUT2D eigenvalue weighted by Crippen LogP contribution is 2.29. The van der Waals surface area contributed by atoms with E-state index in [1.807, 2.05) is 0 Å². The average molecular weight is 417 g/mol.